The summed E-state index contributed by atoms with van der Waals surface area (Å²) in [6.07, 6.45) is 2.06. The Kier molecular flexibility index (Phi) is 2.86. The number of amides is 1. The minimum Gasteiger partial charge on any atom is -0.397 e. The topological polar surface area (TPSA) is 55.1 Å². The van der Waals surface area contributed by atoms with Crippen LogP contribution < -0.4 is 11.1 Å². The molecule has 1 amide bonds. The lowest BCUT2D eigenvalue weighted by atomic mass is 10.0. The van der Waals surface area contributed by atoms with Crippen LogP contribution in [0.5, 0.6) is 0 Å². The molecule has 3 aromatic rings. The zero-order valence-corrected chi connectivity index (χ0v) is 12.1. The van der Waals surface area contributed by atoms with Gasteiger partial charge in [0.1, 0.15) is 0 Å². The lowest BCUT2D eigenvalue weighted by Crippen LogP contribution is -2.13. The highest BCUT2D eigenvalue weighted by Crippen LogP contribution is 2.38. The van der Waals surface area contributed by atoms with E-state index in [9.17, 15) is 4.79 Å². The summed E-state index contributed by atoms with van der Waals surface area (Å²) < 4.78 is 0. The monoisotopic (exact) mass is 288 g/mol. The highest BCUT2D eigenvalue weighted by Gasteiger charge is 2.19. The van der Waals surface area contributed by atoms with E-state index >= 15 is 0 Å². The number of nitrogens with one attached hydrogen (secondary N) is 1. The fourth-order valence-corrected chi connectivity index (χ4v) is 3.26. The van der Waals surface area contributed by atoms with Crippen molar-refractivity contribution >= 4 is 28.1 Å². The maximum absolute atomic E-state index is 12.4. The first-order valence-corrected chi connectivity index (χ1v) is 7.43. The quantitative estimate of drug-likeness (QED) is 0.705. The van der Waals surface area contributed by atoms with Gasteiger partial charge in [-0.1, -0.05) is 36.4 Å². The maximum Gasteiger partial charge on any atom is 0.255 e. The van der Waals surface area contributed by atoms with Crippen molar-refractivity contribution in [1.29, 1.82) is 0 Å². The van der Waals surface area contributed by atoms with Crippen molar-refractivity contribution in [3.63, 3.8) is 0 Å². The van der Waals surface area contributed by atoms with Crippen molar-refractivity contribution in [3.05, 3.63) is 71.3 Å². The van der Waals surface area contributed by atoms with Gasteiger partial charge in [0.05, 0.1) is 11.4 Å². The van der Waals surface area contributed by atoms with Gasteiger partial charge in [0.2, 0.25) is 0 Å². The Balaban J connectivity index is 1.83. The Labute approximate surface area is 128 Å². The van der Waals surface area contributed by atoms with E-state index in [1.165, 1.54) is 16.5 Å². The maximum atomic E-state index is 12.4. The lowest BCUT2D eigenvalue weighted by molar-refractivity contribution is 0.102. The summed E-state index contributed by atoms with van der Waals surface area (Å²) >= 11 is 0. The summed E-state index contributed by atoms with van der Waals surface area (Å²) in [6.45, 7) is 0. The van der Waals surface area contributed by atoms with E-state index in [-0.39, 0.29) is 5.91 Å². The highest BCUT2D eigenvalue weighted by molar-refractivity contribution is 6.13. The third kappa shape index (κ3) is 1.94. The minimum absolute atomic E-state index is 0.133. The van der Waals surface area contributed by atoms with Gasteiger partial charge < -0.3 is 11.1 Å². The number of benzene rings is 3. The van der Waals surface area contributed by atoms with Gasteiger partial charge in [-0.2, -0.15) is 0 Å². The number of rotatable bonds is 2. The van der Waals surface area contributed by atoms with E-state index in [1.807, 2.05) is 36.4 Å². The number of nitrogens with two attached hydrogens (primary N) is 1. The fraction of sp³-hybridized carbons (Fsp3) is 0.105. The van der Waals surface area contributed by atoms with Gasteiger partial charge in [-0.3, -0.25) is 4.79 Å². The van der Waals surface area contributed by atoms with Gasteiger partial charge in [-0.15, -0.1) is 0 Å². The zero-order chi connectivity index (χ0) is 15.1. The molecular weight excluding hydrogens is 272 g/mol. The van der Waals surface area contributed by atoms with Crippen LogP contribution in [-0.4, -0.2) is 5.91 Å². The molecular formula is C19H16N2O. The number of anilines is 2. The summed E-state index contributed by atoms with van der Waals surface area (Å²) in [4.78, 5) is 12.4. The fourth-order valence-electron chi connectivity index (χ4n) is 3.26. The molecule has 3 N–H and O–H groups in total. The second-order valence-corrected chi connectivity index (χ2v) is 5.66. The molecule has 0 heterocycles. The van der Waals surface area contributed by atoms with Crippen LogP contribution in [0, 0.1) is 0 Å². The van der Waals surface area contributed by atoms with Crippen LogP contribution in [0.3, 0.4) is 0 Å². The molecule has 0 radical (unpaired) electrons. The zero-order valence-electron chi connectivity index (χ0n) is 12.1. The summed E-state index contributed by atoms with van der Waals surface area (Å²) in [7, 11) is 0. The average Bonchev–Trinajstić information content (AvgIpc) is 2.96. The minimum atomic E-state index is -0.133. The number of aryl methyl sites for hydroxylation is 2. The molecule has 3 aromatic carbocycles. The Morgan fingerprint density at radius 2 is 1.73 bits per heavy atom. The molecule has 0 unspecified atom stereocenters. The first kappa shape index (κ1) is 12.9. The first-order valence-electron chi connectivity index (χ1n) is 7.43. The molecule has 0 aliphatic heterocycles. The smallest absolute Gasteiger partial charge is 0.255 e. The number of carbonyl (C=O) groups excluding carboxylic acids is 1. The van der Waals surface area contributed by atoms with E-state index in [1.54, 1.807) is 12.1 Å². The van der Waals surface area contributed by atoms with Crippen molar-refractivity contribution in [3.8, 4) is 0 Å². The third-order valence-electron chi connectivity index (χ3n) is 4.30. The molecule has 108 valence electrons. The Hall–Kier alpha value is -2.81. The van der Waals surface area contributed by atoms with Gasteiger partial charge in [0.25, 0.3) is 5.91 Å². The standard InChI is InChI=1S/C19H16N2O/c20-16-11-14-10-9-12-7-4-8-15(17(12)14)18(16)21-19(22)13-5-2-1-3-6-13/h1-8,11H,9-10,20H2,(H,21,22). The number of hydrogen-bond acceptors (Lipinski definition) is 2. The molecule has 0 atom stereocenters. The van der Waals surface area contributed by atoms with Crippen LogP contribution in [0.1, 0.15) is 21.5 Å². The van der Waals surface area contributed by atoms with E-state index in [0.717, 1.165) is 23.9 Å². The van der Waals surface area contributed by atoms with Crippen LogP contribution in [0.25, 0.3) is 10.8 Å². The van der Waals surface area contributed by atoms with E-state index < -0.39 is 0 Å². The highest BCUT2D eigenvalue weighted by atomic mass is 16.1. The number of carbonyl (C=O) groups is 1. The second-order valence-electron chi connectivity index (χ2n) is 5.66. The van der Waals surface area contributed by atoms with Crippen LogP contribution in [0.4, 0.5) is 11.4 Å². The third-order valence-corrected chi connectivity index (χ3v) is 4.30. The van der Waals surface area contributed by atoms with Crippen LogP contribution in [0.2, 0.25) is 0 Å². The van der Waals surface area contributed by atoms with Crippen LogP contribution >= 0.6 is 0 Å². The molecule has 22 heavy (non-hydrogen) atoms. The summed E-state index contributed by atoms with van der Waals surface area (Å²) in [5, 5.41) is 5.27. The van der Waals surface area contributed by atoms with Crippen molar-refractivity contribution < 1.29 is 4.79 Å². The van der Waals surface area contributed by atoms with Gasteiger partial charge in [-0.05, 0) is 47.6 Å². The van der Waals surface area contributed by atoms with Crippen molar-refractivity contribution in [2.24, 2.45) is 0 Å². The summed E-state index contributed by atoms with van der Waals surface area (Å²) in [6, 6.07) is 17.4. The first-order chi connectivity index (χ1) is 10.7. The Morgan fingerprint density at radius 1 is 0.955 bits per heavy atom. The molecule has 3 nitrogen and oxygen atoms in total. The molecule has 1 aliphatic carbocycles. The lowest BCUT2D eigenvalue weighted by Gasteiger charge is -2.13. The molecule has 0 saturated heterocycles. The average molecular weight is 288 g/mol. The molecule has 0 fully saturated rings. The molecule has 0 spiro atoms. The molecule has 0 saturated carbocycles. The molecule has 0 bridgehead atoms. The molecule has 0 aromatic heterocycles. The van der Waals surface area contributed by atoms with Crippen molar-refractivity contribution in [1.82, 2.24) is 0 Å². The van der Waals surface area contributed by atoms with Crippen molar-refractivity contribution in [2.45, 2.75) is 12.8 Å². The molecule has 3 heteroatoms. The van der Waals surface area contributed by atoms with Gasteiger partial charge in [-0.25, -0.2) is 0 Å². The number of hydrogen-bond donors (Lipinski definition) is 2. The number of nitrogen functional groups attached to an aromatic ring is 1. The van der Waals surface area contributed by atoms with Crippen LogP contribution in [-0.2, 0) is 12.8 Å². The summed E-state index contributed by atoms with van der Waals surface area (Å²) in [5.74, 6) is -0.133. The van der Waals surface area contributed by atoms with Gasteiger partial charge in [0.15, 0.2) is 0 Å². The van der Waals surface area contributed by atoms with E-state index in [2.05, 4.69) is 11.4 Å². The largest absolute Gasteiger partial charge is 0.397 e. The van der Waals surface area contributed by atoms with Gasteiger partial charge in [0, 0.05) is 10.9 Å². The second kappa shape index (κ2) is 4.88. The van der Waals surface area contributed by atoms with Crippen LogP contribution in [0.15, 0.2) is 54.6 Å². The molecule has 4 rings (SSSR count). The van der Waals surface area contributed by atoms with Gasteiger partial charge >= 0.3 is 0 Å². The van der Waals surface area contributed by atoms with E-state index in [0.29, 0.717) is 11.3 Å². The summed E-state index contributed by atoms with van der Waals surface area (Å²) in [5.41, 5.74) is 10.8. The Bertz CT molecular complexity index is 885. The molecule has 1 aliphatic rings. The van der Waals surface area contributed by atoms with E-state index in [4.69, 9.17) is 5.73 Å². The Morgan fingerprint density at radius 3 is 2.55 bits per heavy atom. The van der Waals surface area contributed by atoms with Crippen molar-refractivity contribution in [2.75, 3.05) is 11.1 Å². The normalized spacial score (nSPS) is 12.5. The predicted octanol–water partition coefficient (Wildman–Crippen LogP) is 3.77. The SMILES string of the molecule is Nc1cc2c3c(cccc3c1NC(=O)c1ccccc1)CC2. The predicted molar refractivity (Wildman–Crippen MR) is 90.2 cm³/mol.